The van der Waals surface area contributed by atoms with E-state index in [0.29, 0.717) is 5.69 Å². The van der Waals surface area contributed by atoms with Crippen molar-refractivity contribution in [1.82, 2.24) is 0 Å². The Hall–Kier alpha value is -1.46. The van der Waals surface area contributed by atoms with Gasteiger partial charge < -0.3 is 5.73 Å². The second kappa shape index (κ2) is 5.04. The molecule has 18 heavy (non-hydrogen) atoms. The van der Waals surface area contributed by atoms with E-state index in [1.807, 2.05) is 36.4 Å². The molecule has 5 heteroatoms. The molecule has 0 spiro atoms. The van der Waals surface area contributed by atoms with Crippen LogP contribution in [-0.2, 0) is 9.84 Å². The van der Waals surface area contributed by atoms with E-state index in [1.54, 1.807) is 6.07 Å². The summed E-state index contributed by atoms with van der Waals surface area (Å²) in [5, 5.41) is 0. The SMILES string of the molecule is CS(=O)(=O)c1cccc(Sc2ccccc2)c1N. The number of hydrogen-bond acceptors (Lipinski definition) is 4. The van der Waals surface area contributed by atoms with Crippen LogP contribution in [0.5, 0.6) is 0 Å². The zero-order valence-electron chi connectivity index (χ0n) is 9.83. The van der Waals surface area contributed by atoms with E-state index in [9.17, 15) is 8.42 Å². The second-order valence-corrected chi connectivity index (χ2v) is 6.95. The quantitative estimate of drug-likeness (QED) is 0.878. The van der Waals surface area contributed by atoms with E-state index >= 15 is 0 Å². The number of benzene rings is 2. The molecule has 0 fully saturated rings. The molecule has 2 aromatic rings. The van der Waals surface area contributed by atoms with Crippen LogP contribution in [0.15, 0.2) is 63.2 Å². The molecule has 2 aromatic carbocycles. The third-order valence-electron chi connectivity index (χ3n) is 2.40. The second-order valence-electron chi connectivity index (χ2n) is 3.86. The maximum absolute atomic E-state index is 11.6. The maximum atomic E-state index is 11.6. The van der Waals surface area contributed by atoms with E-state index < -0.39 is 9.84 Å². The molecule has 0 saturated heterocycles. The molecule has 2 N–H and O–H groups in total. The highest BCUT2D eigenvalue weighted by Gasteiger charge is 2.14. The molecule has 0 aliphatic rings. The standard InChI is InChI=1S/C13H13NO2S2/c1-18(15,16)12-9-5-8-11(13(12)14)17-10-6-3-2-4-7-10/h2-9H,14H2,1H3. The van der Waals surface area contributed by atoms with Gasteiger partial charge in [-0.2, -0.15) is 0 Å². The van der Waals surface area contributed by atoms with Crippen molar-refractivity contribution in [3.05, 3.63) is 48.5 Å². The third kappa shape index (κ3) is 2.86. The van der Waals surface area contributed by atoms with Crippen LogP contribution < -0.4 is 5.73 Å². The maximum Gasteiger partial charge on any atom is 0.177 e. The average Bonchev–Trinajstić information content (AvgIpc) is 2.32. The van der Waals surface area contributed by atoms with Gasteiger partial charge in [-0.15, -0.1) is 0 Å². The van der Waals surface area contributed by atoms with E-state index in [-0.39, 0.29) is 4.90 Å². The first kappa shape index (κ1) is 13.0. The Bertz CT molecular complexity index is 652. The predicted molar refractivity (Wildman–Crippen MR) is 74.5 cm³/mol. The van der Waals surface area contributed by atoms with Gasteiger partial charge in [-0.3, -0.25) is 0 Å². The molecule has 0 bridgehead atoms. The molecule has 0 saturated carbocycles. The van der Waals surface area contributed by atoms with E-state index in [2.05, 4.69) is 0 Å². The summed E-state index contributed by atoms with van der Waals surface area (Å²) in [5.41, 5.74) is 6.23. The Morgan fingerprint density at radius 3 is 2.28 bits per heavy atom. The Balaban J connectivity index is 2.42. The van der Waals surface area contributed by atoms with Gasteiger partial charge in [-0.05, 0) is 24.3 Å². The van der Waals surface area contributed by atoms with Crippen molar-refractivity contribution in [2.75, 3.05) is 12.0 Å². The van der Waals surface area contributed by atoms with Gasteiger partial charge in [0.15, 0.2) is 9.84 Å². The number of nitrogen functional groups attached to an aromatic ring is 1. The van der Waals surface area contributed by atoms with Crippen molar-refractivity contribution in [2.24, 2.45) is 0 Å². The molecule has 94 valence electrons. The summed E-state index contributed by atoms with van der Waals surface area (Å²) in [4.78, 5) is 1.96. The lowest BCUT2D eigenvalue weighted by Gasteiger charge is -2.09. The highest BCUT2D eigenvalue weighted by Crippen LogP contribution is 2.35. The van der Waals surface area contributed by atoms with Gasteiger partial charge in [0.1, 0.15) is 0 Å². The molecule has 0 heterocycles. The van der Waals surface area contributed by atoms with Gasteiger partial charge in [-0.1, -0.05) is 36.0 Å². The number of rotatable bonds is 3. The minimum absolute atomic E-state index is 0.184. The lowest BCUT2D eigenvalue weighted by molar-refractivity contribution is 0.602. The first-order valence-electron chi connectivity index (χ1n) is 5.30. The van der Waals surface area contributed by atoms with Crippen LogP contribution >= 0.6 is 11.8 Å². The van der Waals surface area contributed by atoms with Crippen LogP contribution in [-0.4, -0.2) is 14.7 Å². The molecule has 3 nitrogen and oxygen atoms in total. The summed E-state index contributed by atoms with van der Waals surface area (Å²) in [6, 6.07) is 14.8. The summed E-state index contributed by atoms with van der Waals surface area (Å²) >= 11 is 1.46. The van der Waals surface area contributed by atoms with Crippen molar-refractivity contribution in [2.45, 2.75) is 14.7 Å². The average molecular weight is 279 g/mol. The summed E-state index contributed by atoms with van der Waals surface area (Å²) in [5.74, 6) is 0. The minimum Gasteiger partial charge on any atom is -0.397 e. The Labute approximate surface area is 111 Å². The smallest absolute Gasteiger partial charge is 0.177 e. The van der Waals surface area contributed by atoms with Crippen LogP contribution in [0.2, 0.25) is 0 Å². The van der Waals surface area contributed by atoms with Crippen LogP contribution in [0.3, 0.4) is 0 Å². The van der Waals surface area contributed by atoms with Crippen molar-refractivity contribution in [3.63, 3.8) is 0 Å². The number of anilines is 1. The largest absolute Gasteiger partial charge is 0.397 e. The molecular weight excluding hydrogens is 266 g/mol. The van der Waals surface area contributed by atoms with Crippen molar-refractivity contribution in [1.29, 1.82) is 0 Å². The van der Waals surface area contributed by atoms with E-state index in [4.69, 9.17) is 5.73 Å². The fourth-order valence-electron chi connectivity index (χ4n) is 1.55. The number of hydrogen-bond donors (Lipinski definition) is 1. The highest BCUT2D eigenvalue weighted by atomic mass is 32.2. The zero-order chi connectivity index (χ0) is 13.2. The third-order valence-corrected chi connectivity index (χ3v) is 4.64. The van der Waals surface area contributed by atoms with Crippen LogP contribution in [0.4, 0.5) is 5.69 Å². The minimum atomic E-state index is -3.29. The molecule has 0 aliphatic carbocycles. The summed E-state index contributed by atoms with van der Waals surface area (Å²) in [7, 11) is -3.29. The van der Waals surface area contributed by atoms with Gasteiger partial charge in [0, 0.05) is 16.0 Å². The van der Waals surface area contributed by atoms with Crippen molar-refractivity contribution < 1.29 is 8.42 Å². The predicted octanol–water partition coefficient (Wildman–Crippen LogP) is 2.82. The van der Waals surface area contributed by atoms with E-state index in [1.165, 1.54) is 17.8 Å². The molecule has 0 radical (unpaired) electrons. The lowest BCUT2D eigenvalue weighted by Crippen LogP contribution is -2.03. The zero-order valence-corrected chi connectivity index (χ0v) is 11.5. The summed E-state index contributed by atoms with van der Waals surface area (Å²) in [6.07, 6.45) is 1.16. The highest BCUT2D eigenvalue weighted by molar-refractivity contribution is 7.99. The number of para-hydroxylation sites is 1. The lowest BCUT2D eigenvalue weighted by atomic mass is 10.3. The number of sulfone groups is 1. The molecule has 0 aliphatic heterocycles. The first-order valence-corrected chi connectivity index (χ1v) is 8.01. The fraction of sp³-hybridized carbons (Fsp3) is 0.0769. The molecule has 2 rings (SSSR count). The van der Waals surface area contributed by atoms with Crippen molar-refractivity contribution >= 4 is 27.3 Å². The Morgan fingerprint density at radius 2 is 1.67 bits per heavy atom. The van der Waals surface area contributed by atoms with Gasteiger partial charge in [0.2, 0.25) is 0 Å². The molecule has 0 aromatic heterocycles. The van der Waals surface area contributed by atoms with Crippen LogP contribution in [0.1, 0.15) is 0 Å². The summed E-state index contributed by atoms with van der Waals surface area (Å²) in [6.45, 7) is 0. The van der Waals surface area contributed by atoms with Crippen LogP contribution in [0.25, 0.3) is 0 Å². The molecular formula is C13H13NO2S2. The normalized spacial score (nSPS) is 11.4. The van der Waals surface area contributed by atoms with Gasteiger partial charge in [0.05, 0.1) is 10.6 Å². The van der Waals surface area contributed by atoms with Crippen molar-refractivity contribution in [3.8, 4) is 0 Å². The fourth-order valence-corrected chi connectivity index (χ4v) is 3.37. The molecule has 0 amide bonds. The molecule has 0 atom stereocenters. The van der Waals surface area contributed by atoms with Gasteiger partial charge in [0.25, 0.3) is 0 Å². The monoisotopic (exact) mass is 279 g/mol. The Morgan fingerprint density at radius 1 is 1.00 bits per heavy atom. The summed E-state index contributed by atoms with van der Waals surface area (Å²) < 4.78 is 23.1. The van der Waals surface area contributed by atoms with Gasteiger partial charge in [-0.25, -0.2) is 8.42 Å². The first-order chi connectivity index (χ1) is 8.48. The van der Waals surface area contributed by atoms with Crippen LogP contribution in [0, 0.1) is 0 Å². The van der Waals surface area contributed by atoms with Gasteiger partial charge >= 0.3 is 0 Å². The number of nitrogens with two attached hydrogens (primary N) is 1. The Kier molecular flexibility index (Phi) is 3.63. The van der Waals surface area contributed by atoms with E-state index in [0.717, 1.165) is 16.0 Å². The topological polar surface area (TPSA) is 60.2 Å². The molecule has 0 unspecified atom stereocenters.